The number of halogens is 2. The Balaban J connectivity index is 0.000000137. The van der Waals surface area contributed by atoms with Crippen LogP contribution >= 0.6 is 31.9 Å². The van der Waals surface area contributed by atoms with E-state index in [4.69, 9.17) is 10.7 Å². The molecule has 3 N–H and O–H groups in total. The van der Waals surface area contributed by atoms with E-state index < -0.39 is 0 Å². The van der Waals surface area contributed by atoms with Gasteiger partial charge in [-0.05, 0) is 89.0 Å². The summed E-state index contributed by atoms with van der Waals surface area (Å²) in [6.07, 6.45) is 4.85. The number of carbonyl (C=O) groups excluding carboxylic acids is 2. The molecule has 4 aliphatic rings. The molecule has 3 fully saturated rings. The lowest BCUT2D eigenvalue weighted by Crippen LogP contribution is -2.58. The summed E-state index contributed by atoms with van der Waals surface area (Å²) >= 11 is 6.67. The molecule has 0 spiro atoms. The van der Waals surface area contributed by atoms with Gasteiger partial charge in [-0.2, -0.15) is 0 Å². The number of hydrogen-bond acceptors (Lipinski definition) is 8. The molecule has 5 heterocycles. The molecule has 42 heavy (non-hydrogen) atoms. The SMILES string of the molecule is CC12CCCN1CC(=O)NC2.CC12CCCN1Cc1nc3cc(Br)ccc3c(=O)n1C2.Nc1cc(Br)ccc1OC=O. The maximum absolute atomic E-state index is 12.7. The molecule has 2 unspecified atom stereocenters. The van der Waals surface area contributed by atoms with Crippen molar-refractivity contribution in [3.63, 3.8) is 0 Å². The Morgan fingerprint density at radius 1 is 0.976 bits per heavy atom. The van der Waals surface area contributed by atoms with E-state index in [1.165, 1.54) is 19.3 Å². The molecule has 0 aliphatic carbocycles. The van der Waals surface area contributed by atoms with E-state index in [0.29, 0.717) is 29.8 Å². The lowest BCUT2D eigenvalue weighted by molar-refractivity contribution is -0.126. The summed E-state index contributed by atoms with van der Waals surface area (Å²) in [7, 11) is 0. The van der Waals surface area contributed by atoms with Crippen LogP contribution in [0.3, 0.4) is 0 Å². The number of aromatic nitrogens is 2. The molecule has 1 aromatic heterocycles. The van der Waals surface area contributed by atoms with Crippen LogP contribution in [0.1, 0.15) is 45.4 Å². The smallest absolute Gasteiger partial charge is 0.298 e. The van der Waals surface area contributed by atoms with Crippen LogP contribution in [-0.4, -0.2) is 69.0 Å². The molecule has 0 radical (unpaired) electrons. The van der Waals surface area contributed by atoms with E-state index >= 15 is 0 Å². The normalized spacial score (nSPS) is 24.7. The van der Waals surface area contributed by atoms with E-state index in [-0.39, 0.29) is 22.5 Å². The van der Waals surface area contributed by atoms with Gasteiger partial charge < -0.3 is 15.8 Å². The number of carbonyl (C=O) groups is 2. The second kappa shape index (κ2) is 12.4. The fourth-order valence-electron chi connectivity index (χ4n) is 6.31. The molecule has 12 heteroatoms. The molecule has 224 valence electrons. The fraction of sp³-hybridized carbons (Fsp3) is 0.467. The van der Waals surface area contributed by atoms with Crippen molar-refractivity contribution < 1.29 is 14.3 Å². The van der Waals surface area contributed by atoms with Crippen molar-refractivity contribution in [3.05, 3.63) is 61.5 Å². The number of nitrogens with one attached hydrogen (secondary N) is 1. The first-order valence-electron chi connectivity index (χ1n) is 14.1. The minimum absolute atomic E-state index is 0.102. The first-order valence-corrected chi connectivity index (χ1v) is 15.7. The third-order valence-corrected chi connectivity index (χ3v) is 9.78. The number of piperazine rings is 1. The number of rotatable bonds is 2. The average molecular weight is 704 g/mol. The van der Waals surface area contributed by atoms with E-state index in [1.54, 1.807) is 18.2 Å². The molecular formula is C30H36Br2N6O4. The summed E-state index contributed by atoms with van der Waals surface area (Å²) in [4.78, 5) is 43.1. The van der Waals surface area contributed by atoms with Crippen LogP contribution in [0.5, 0.6) is 5.75 Å². The van der Waals surface area contributed by atoms with Gasteiger partial charge in [-0.3, -0.25) is 28.8 Å². The lowest BCUT2D eigenvalue weighted by Gasteiger charge is -2.40. The number of anilines is 1. The standard InChI is InChI=1S/C15H16BrN3O.C8H14N2O.C7H6BrNO2/c1-15-5-2-6-18(15)8-13-17-12-7-10(16)3-4-11(12)14(20)19(13)9-15;1-8-3-2-4-10(8)5-7(11)9-6-8;8-5-1-2-7(11-4-10)6(9)3-5/h3-4,7H,2,5-6,8-9H2,1H3;2-6H2,1H3,(H,9,11);1-4H,9H2. The average Bonchev–Trinajstić information content (AvgIpc) is 3.51. The lowest BCUT2D eigenvalue weighted by atomic mass is 9.96. The van der Waals surface area contributed by atoms with Crippen molar-refractivity contribution >= 4 is 60.8 Å². The highest BCUT2D eigenvalue weighted by Gasteiger charge is 2.42. The van der Waals surface area contributed by atoms with Crippen molar-refractivity contribution in [2.75, 3.05) is 31.9 Å². The molecule has 3 saturated heterocycles. The molecule has 4 aliphatic heterocycles. The monoisotopic (exact) mass is 702 g/mol. The number of fused-ring (bicyclic) bond motifs is 4. The predicted octanol–water partition coefficient (Wildman–Crippen LogP) is 4.06. The van der Waals surface area contributed by atoms with Gasteiger partial charge in [-0.15, -0.1) is 0 Å². The van der Waals surface area contributed by atoms with Crippen molar-refractivity contribution in [1.82, 2.24) is 24.7 Å². The first kappa shape index (κ1) is 30.7. The molecule has 7 rings (SSSR count). The Morgan fingerprint density at radius 2 is 1.64 bits per heavy atom. The molecule has 2 atom stereocenters. The van der Waals surface area contributed by atoms with Gasteiger partial charge in [-0.25, -0.2) is 4.98 Å². The number of amides is 1. The van der Waals surface area contributed by atoms with Crippen molar-refractivity contribution in [2.24, 2.45) is 0 Å². The first-order chi connectivity index (χ1) is 20.0. The van der Waals surface area contributed by atoms with Crippen LogP contribution in [0.25, 0.3) is 10.9 Å². The second-order valence-electron chi connectivity index (χ2n) is 11.8. The topological polar surface area (TPSA) is 123 Å². The Bertz CT molecular complexity index is 1560. The van der Waals surface area contributed by atoms with Crippen LogP contribution in [0.15, 0.2) is 50.1 Å². The maximum atomic E-state index is 12.7. The minimum Gasteiger partial charge on any atom is -0.427 e. The molecule has 0 bridgehead atoms. The quantitative estimate of drug-likeness (QED) is 0.303. The molecular weight excluding hydrogens is 668 g/mol. The Kier molecular flexibility index (Phi) is 9.08. The Morgan fingerprint density at radius 3 is 2.36 bits per heavy atom. The maximum Gasteiger partial charge on any atom is 0.298 e. The number of ether oxygens (including phenoxy) is 1. The largest absolute Gasteiger partial charge is 0.427 e. The minimum atomic E-state index is 0.102. The van der Waals surface area contributed by atoms with E-state index in [1.807, 2.05) is 22.8 Å². The molecule has 10 nitrogen and oxygen atoms in total. The van der Waals surface area contributed by atoms with E-state index in [0.717, 1.165) is 59.4 Å². The summed E-state index contributed by atoms with van der Waals surface area (Å²) in [6, 6.07) is 10.7. The van der Waals surface area contributed by atoms with E-state index in [9.17, 15) is 14.4 Å². The second-order valence-corrected chi connectivity index (χ2v) is 13.6. The third kappa shape index (κ3) is 6.41. The van der Waals surface area contributed by atoms with Gasteiger partial charge in [0, 0.05) is 33.1 Å². The van der Waals surface area contributed by atoms with Gasteiger partial charge >= 0.3 is 0 Å². The number of nitrogen functional groups attached to an aromatic ring is 1. The van der Waals surface area contributed by atoms with Gasteiger partial charge in [0.25, 0.3) is 12.0 Å². The Hall–Kier alpha value is -2.80. The summed E-state index contributed by atoms with van der Waals surface area (Å²) < 4.78 is 8.27. The predicted molar refractivity (Wildman–Crippen MR) is 169 cm³/mol. The van der Waals surface area contributed by atoms with Gasteiger partial charge in [-0.1, -0.05) is 31.9 Å². The zero-order valence-corrected chi connectivity index (χ0v) is 27.0. The number of nitrogens with two attached hydrogens (primary N) is 1. The molecule has 1 amide bonds. The number of benzene rings is 2. The summed E-state index contributed by atoms with van der Waals surface area (Å²) in [5, 5.41) is 3.63. The van der Waals surface area contributed by atoms with Crippen LogP contribution in [0.4, 0.5) is 5.69 Å². The van der Waals surface area contributed by atoms with Gasteiger partial charge in [0.15, 0.2) is 5.75 Å². The van der Waals surface area contributed by atoms with Crippen molar-refractivity contribution in [3.8, 4) is 5.75 Å². The molecule has 2 aromatic carbocycles. The highest BCUT2D eigenvalue weighted by Crippen LogP contribution is 2.35. The highest BCUT2D eigenvalue weighted by molar-refractivity contribution is 9.10. The van der Waals surface area contributed by atoms with Crippen molar-refractivity contribution in [2.45, 2.75) is 63.7 Å². The van der Waals surface area contributed by atoms with Gasteiger partial charge in [0.1, 0.15) is 5.82 Å². The van der Waals surface area contributed by atoms with Crippen LogP contribution in [0, 0.1) is 0 Å². The Labute approximate surface area is 261 Å². The zero-order chi connectivity index (χ0) is 30.1. The third-order valence-electron chi connectivity index (χ3n) is 8.79. The van der Waals surface area contributed by atoms with Gasteiger partial charge in [0.05, 0.1) is 29.7 Å². The molecule has 0 saturated carbocycles. The van der Waals surface area contributed by atoms with Crippen LogP contribution in [0.2, 0.25) is 0 Å². The van der Waals surface area contributed by atoms with E-state index in [2.05, 4.69) is 65.6 Å². The number of nitrogens with zero attached hydrogens (tertiary/aromatic N) is 4. The van der Waals surface area contributed by atoms with Crippen LogP contribution < -0.4 is 21.3 Å². The summed E-state index contributed by atoms with van der Waals surface area (Å²) in [5.41, 5.74) is 7.22. The van der Waals surface area contributed by atoms with Crippen LogP contribution in [-0.2, 0) is 22.7 Å². The zero-order valence-electron chi connectivity index (χ0n) is 23.9. The van der Waals surface area contributed by atoms with Crippen molar-refractivity contribution in [1.29, 1.82) is 0 Å². The number of hydrogen-bond donors (Lipinski definition) is 2. The fourth-order valence-corrected chi connectivity index (χ4v) is 7.04. The summed E-state index contributed by atoms with van der Waals surface area (Å²) in [5.74, 6) is 1.47. The summed E-state index contributed by atoms with van der Waals surface area (Å²) in [6.45, 7) is 10.1. The molecule has 3 aromatic rings. The highest BCUT2D eigenvalue weighted by atomic mass is 79.9. The van der Waals surface area contributed by atoms with Gasteiger partial charge in [0.2, 0.25) is 5.91 Å².